The second kappa shape index (κ2) is 11.5. The van der Waals surface area contributed by atoms with Crippen molar-refractivity contribution < 1.29 is 0 Å². The van der Waals surface area contributed by atoms with Crippen LogP contribution in [0.2, 0.25) is 0 Å². The van der Waals surface area contributed by atoms with Crippen LogP contribution in [0.3, 0.4) is 0 Å². The lowest BCUT2D eigenvalue weighted by Crippen LogP contribution is -2.16. The third kappa shape index (κ3) is 6.54. The molecule has 31 heavy (non-hydrogen) atoms. The van der Waals surface area contributed by atoms with Crippen molar-refractivity contribution >= 4 is 28.8 Å². The van der Waals surface area contributed by atoms with Crippen LogP contribution in [0.5, 0.6) is 0 Å². The number of hydrogen-bond acceptors (Lipinski definition) is 5. The SMILES string of the molecule is CCc1nc(C(C)(C)C/C=C/c2cccc(C(=N)C(=N)c3ccccc3)c2)cs1.CN. The van der Waals surface area contributed by atoms with Crippen LogP contribution >= 0.6 is 11.3 Å². The molecule has 4 N–H and O–H groups in total. The summed E-state index contributed by atoms with van der Waals surface area (Å²) in [4.78, 5) is 4.74. The highest BCUT2D eigenvalue weighted by Crippen LogP contribution is 2.29. The van der Waals surface area contributed by atoms with Gasteiger partial charge in [0, 0.05) is 21.9 Å². The molecule has 0 unspecified atom stereocenters. The van der Waals surface area contributed by atoms with Gasteiger partial charge in [0.05, 0.1) is 22.1 Å². The topological polar surface area (TPSA) is 86.6 Å². The van der Waals surface area contributed by atoms with E-state index in [1.54, 1.807) is 11.3 Å². The smallest absolute Gasteiger partial charge is 0.0925 e. The quantitative estimate of drug-likeness (QED) is 0.376. The van der Waals surface area contributed by atoms with Gasteiger partial charge in [-0.25, -0.2) is 4.98 Å². The van der Waals surface area contributed by atoms with Crippen molar-refractivity contribution in [2.45, 2.75) is 39.0 Å². The van der Waals surface area contributed by atoms with Crippen LogP contribution in [-0.2, 0) is 11.8 Å². The fourth-order valence-corrected chi connectivity index (χ4v) is 4.01. The van der Waals surface area contributed by atoms with E-state index in [2.05, 4.69) is 44.0 Å². The minimum Gasteiger partial charge on any atom is -0.333 e. The zero-order valence-electron chi connectivity index (χ0n) is 18.8. The maximum atomic E-state index is 8.42. The molecule has 5 heteroatoms. The molecule has 0 bridgehead atoms. The number of nitrogens with zero attached hydrogens (tertiary/aromatic N) is 1. The van der Waals surface area contributed by atoms with Gasteiger partial charge in [0.15, 0.2) is 0 Å². The molecule has 0 aliphatic heterocycles. The van der Waals surface area contributed by atoms with Crippen molar-refractivity contribution in [3.8, 4) is 0 Å². The molecule has 0 amide bonds. The number of aryl methyl sites for hydroxylation is 1. The van der Waals surface area contributed by atoms with Crippen LogP contribution in [0.4, 0.5) is 0 Å². The first-order valence-electron chi connectivity index (χ1n) is 10.4. The summed E-state index contributed by atoms with van der Waals surface area (Å²) in [5.41, 5.74) is 8.67. The average Bonchev–Trinajstić information content (AvgIpc) is 3.31. The van der Waals surface area contributed by atoms with E-state index >= 15 is 0 Å². The van der Waals surface area contributed by atoms with Crippen molar-refractivity contribution in [3.63, 3.8) is 0 Å². The van der Waals surface area contributed by atoms with Crippen LogP contribution < -0.4 is 5.73 Å². The first-order valence-corrected chi connectivity index (χ1v) is 11.3. The van der Waals surface area contributed by atoms with Crippen LogP contribution in [0, 0.1) is 10.8 Å². The highest BCUT2D eigenvalue weighted by Gasteiger charge is 2.22. The number of nitrogens with one attached hydrogen (secondary N) is 2. The first-order chi connectivity index (χ1) is 14.9. The number of allylic oxidation sites excluding steroid dienone is 1. The summed E-state index contributed by atoms with van der Waals surface area (Å²) in [7, 11) is 1.50. The minimum atomic E-state index is -0.0137. The van der Waals surface area contributed by atoms with Gasteiger partial charge in [-0.3, -0.25) is 10.8 Å². The number of thiazole rings is 1. The number of aromatic nitrogens is 1. The van der Waals surface area contributed by atoms with Crippen LogP contribution in [0.15, 0.2) is 66.1 Å². The number of hydrogen-bond donors (Lipinski definition) is 3. The Morgan fingerprint density at radius 1 is 1.00 bits per heavy atom. The first kappa shape index (κ1) is 24.4. The van der Waals surface area contributed by atoms with E-state index in [1.165, 1.54) is 12.1 Å². The van der Waals surface area contributed by atoms with Gasteiger partial charge in [0.25, 0.3) is 0 Å². The lowest BCUT2D eigenvalue weighted by Gasteiger charge is -2.20. The van der Waals surface area contributed by atoms with Gasteiger partial charge in [-0.1, -0.05) is 81.5 Å². The summed E-state index contributed by atoms with van der Waals surface area (Å²) in [5, 5.41) is 20.1. The molecule has 0 fully saturated rings. The lowest BCUT2D eigenvalue weighted by molar-refractivity contribution is 0.519. The summed E-state index contributed by atoms with van der Waals surface area (Å²) < 4.78 is 0. The van der Waals surface area contributed by atoms with Gasteiger partial charge in [0.2, 0.25) is 0 Å². The second-order valence-corrected chi connectivity index (χ2v) is 8.65. The monoisotopic (exact) mass is 432 g/mol. The van der Waals surface area contributed by atoms with E-state index < -0.39 is 0 Å². The maximum absolute atomic E-state index is 8.42. The van der Waals surface area contributed by atoms with Gasteiger partial charge in [-0.05, 0) is 31.5 Å². The van der Waals surface area contributed by atoms with Gasteiger partial charge < -0.3 is 5.73 Å². The zero-order chi connectivity index (χ0) is 22.9. The second-order valence-electron chi connectivity index (χ2n) is 7.71. The molecule has 4 nitrogen and oxygen atoms in total. The van der Waals surface area contributed by atoms with E-state index in [4.69, 9.17) is 15.8 Å². The number of benzene rings is 2. The normalized spacial score (nSPS) is 11.1. The predicted molar refractivity (Wildman–Crippen MR) is 135 cm³/mol. The molecule has 0 radical (unpaired) electrons. The highest BCUT2D eigenvalue weighted by atomic mass is 32.1. The summed E-state index contributed by atoms with van der Waals surface area (Å²) in [5.74, 6) is 0. The Morgan fingerprint density at radius 2 is 1.65 bits per heavy atom. The molecular weight excluding hydrogens is 400 g/mol. The molecule has 0 atom stereocenters. The molecule has 0 aliphatic rings. The fraction of sp³-hybridized carbons (Fsp3) is 0.269. The minimum absolute atomic E-state index is 0.0137. The summed E-state index contributed by atoms with van der Waals surface area (Å²) >= 11 is 1.73. The van der Waals surface area contributed by atoms with Crippen LogP contribution in [0.1, 0.15) is 54.6 Å². The third-order valence-electron chi connectivity index (χ3n) is 4.97. The molecule has 0 saturated carbocycles. The Bertz CT molecular complexity index is 1030. The van der Waals surface area contributed by atoms with Crippen molar-refractivity contribution in [1.82, 2.24) is 4.98 Å². The molecular formula is C26H32N4S. The average molecular weight is 433 g/mol. The summed E-state index contributed by atoms with van der Waals surface area (Å²) in [6.07, 6.45) is 6.14. The van der Waals surface area contributed by atoms with E-state index in [9.17, 15) is 0 Å². The number of nitrogens with two attached hydrogens (primary N) is 1. The van der Waals surface area contributed by atoms with Gasteiger partial charge in [0.1, 0.15) is 0 Å². The fourth-order valence-electron chi connectivity index (χ4n) is 3.07. The molecule has 3 aromatic rings. The van der Waals surface area contributed by atoms with Gasteiger partial charge >= 0.3 is 0 Å². The van der Waals surface area contributed by atoms with Crippen molar-refractivity contribution in [2.24, 2.45) is 5.73 Å². The molecule has 162 valence electrons. The molecule has 0 spiro atoms. The van der Waals surface area contributed by atoms with Crippen LogP contribution in [0.25, 0.3) is 6.08 Å². The van der Waals surface area contributed by atoms with Crippen LogP contribution in [-0.4, -0.2) is 23.5 Å². The molecule has 0 saturated heterocycles. The summed E-state index contributed by atoms with van der Waals surface area (Å²) in [6, 6.07) is 17.3. The molecule has 1 heterocycles. The van der Waals surface area contributed by atoms with Gasteiger partial charge in [-0.2, -0.15) is 0 Å². The van der Waals surface area contributed by atoms with Crippen molar-refractivity contribution in [2.75, 3.05) is 7.05 Å². The van der Waals surface area contributed by atoms with E-state index in [-0.39, 0.29) is 16.8 Å². The molecule has 0 aliphatic carbocycles. The Balaban J connectivity index is 0.00000166. The Labute approximate surface area is 189 Å². The summed E-state index contributed by atoms with van der Waals surface area (Å²) in [6.45, 7) is 6.58. The van der Waals surface area contributed by atoms with E-state index in [1.807, 2.05) is 54.6 Å². The lowest BCUT2D eigenvalue weighted by atomic mass is 9.86. The van der Waals surface area contributed by atoms with Gasteiger partial charge in [-0.15, -0.1) is 11.3 Å². The number of rotatable bonds is 8. The highest BCUT2D eigenvalue weighted by molar-refractivity contribution is 7.09. The Kier molecular flexibility index (Phi) is 9.03. The van der Waals surface area contributed by atoms with Crippen molar-refractivity contribution in [3.05, 3.63) is 93.4 Å². The Hall–Kier alpha value is -2.89. The largest absolute Gasteiger partial charge is 0.333 e. The molecule has 3 rings (SSSR count). The van der Waals surface area contributed by atoms with E-state index in [0.717, 1.165) is 35.2 Å². The van der Waals surface area contributed by atoms with Crippen molar-refractivity contribution in [1.29, 1.82) is 10.8 Å². The standard InChI is InChI=1S/C25H27N3S.CH5N/c1-4-22-28-21(17-29-22)25(2,3)15-9-11-18-10-8-14-20(16-18)24(27)23(26)19-12-6-5-7-13-19;1-2/h5-14,16-17,26-27H,4,15H2,1-3H3;2H2,1H3/b11-9+,26-23?,27-24?;. The maximum Gasteiger partial charge on any atom is 0.0925 e. The third-order valence-corrected chi connectivity index (χ3v) is 5.97. The Morgan fingerprint density at radius 3 is 2.29 bits per heavy atom. The molecule has 1 aromatic heterocycles. The predicted octanol–water partition coefficient (Wildman–Crippen LogP) is 6.10. The molecule has 2 aromatic carbocycles. The van der Waals surface area contributed by atoms with E-state index in [0.29, 0.717) is 0 Å². The zero-order valence-corrected chi connectivity index (χ0v) is 19.6.